The van der Waals surface area contributed by atoms with E-state index in [9.17, 15) is 0 Å². The Hall–Kier alpha value is -1.09. The van der Waals surface area contributed by atoms with Gasteiger partial charge in [0, 0.05) is 31.9 Å². The topological polar surface area (TPSA) is 28.2 Å². The highest BCUT2D eigenvalue weighted by Gasteiger charge is 2.19. The van der Waals surface area contributed by atoms with Gasteiger partial charge in [-0.3, -0.25) is 0 Å². The first-order chi connectivity index (χ1) is 8.69. The molecule has 1 aromatic heterocycles. The van der Waals surface area contributed by atoms with Gasteiger partial charge in [0.05, 0.1) is 0 Å². The lowest BCUT2D eigenvalue weighted by Crippen LogP contribution is -2.28. The Bertz CT molecular complexity index is 355. The van der Waals surface area contributed by atoms with Crippen molar-refractivity contribution in [2.75, 3.05) is 18.0 Å². The average molecular weight is 247 g/mol. The second-order valence-electron chi connectivity index (χ2n) is 5.61. The standard InChI is InChI=1S/C15H25N3/c1-4-18(11-12(2)3)15-8-5-13(10-17-15)9-16-14-6-7-14/h5,8,10,12,14,16H,4,6-7,9,11H2,1-3H3. The average Bonchev–Trinajstić information content (AvgIpc) is 3.18. The lowest BCUT2D eigenvalue weighted by atomic mass is 10.2. The molecule has 1 aliphatic carbocycles. The molecule has 0 amide bonds. The van der Waals surface area contributed by atoms with Crippen molar-refractivity contribution in [3.63, 3.8) is 0 Å². The van der Waals surface area contributed by atoms with Crippen molar-refractivity contribution < 1.29 is 0 Å². The van der Waals surface area contributed by atoms with Gasteiger partial charge in [-0.25, -0.2) is 4.98 Å². The summed E-state index contributed by atoms with van der Waals surface area (Å²) in [6.45, 7) is 9.72. The Labute approximate surface area is 111 Å². The van der Waals surface area contributed by atoms with Crippen LogP contribution in [-0.2, 0) is 6.54 Å². The zero-order valence-electron chi connectivity index (χ0n) is 11.8. The van der Waals surface area contributed by atoms with Gasteiger partial charge in [-0.05, 0) is 37.3 Å². The molecule has 3 heteroatoms. The molecule has 3 nitrogen and oxygen atoms in total. The van der Waals surface area contributed by atoms with E-state index in [1.54, 1.807) is 0 Å². The van der Waals surface area contributed by atoms with E-state index >= 15 is 0 Å². The number of hydrogen-bond acceptors (Lipinski definition) is 3. The highest BCUT2D eigenvalue weighted by Crippen LogP contribution is 2.19. The number of aromatic nitrogens is 1. The van der Waals surface area contributed by atoms with E-state index in [0.717, 1.165) is 31.5 Å². The molecule has 1 aliphatic rings. The van der Waals surface area contributed by atoms with E-state index in [4.69, 9.17) is 0 Å². The van der Waals surface area contributed by atoms with Crippen molar-refractivity contribution in [1.82, 2.24) is 10.3 Å². The van der Waals surface area contributed by atoms with E-state index in [-0.39, 0.29) is 0 Å². The van der Waals surface area contributed by atoms with Crippen LogP contribution in [0.1, 0.15) is 39.2 Å². The molecule has 1 aromatic rings. The minimum Gasteiger partial charge on any atom is -0.357 e. The maximum atomic E-state index is 4.59. The SMILES string of the molecule is CCN(CC(C)C)c1ccc(CNC2CC2)cn1. The molecule has 0 saturated heterocycles. The Morgan fingerprint density at radius 2 is 2.17 bits per heavy atom. The summed E-state index contributed by atoms with van der Waals surface area (Å²) < 4.78 is 0. The first kappa shape index (κ1) is 13.3. The zero-order chi connectivity index (χ0) is 13.0. The molecule has 0 spiro atoms. The van der Waals surface area contributed by atoms with E-state index < -0.39 is 0 Å². The molecule has 0 aliphatic heterocycles. The molecule has 2 rings (SSSR count). The van der Waals surface area contributed by atoms with E-state index in [1.807, 2.05) is 6.20 Å². The predicted octanol–water partition coefficient (Wildman–Crippen LogP) is 2.82. The van der Waals surface area contributed by atoms with Gasteiger partial charge in [0.2, 0.25) is 0 Å². The third-order valence-corrected chi connectivity index (χ3v) is 3.27. The maximum Gasteiger partial charge on any atom is 0.128 e. The molecule has 0 aromatic carbocycles. The summed E-state index contributed by atoms with van der Waals surface area (Å²) in [5.74, 6) is 1.77. The Morgan fingerprint density at radius 1 is 1.39 bits per heavy atom. The van der Waals surface area contributed by atoms with E-state index in [1.165, 1.54) is 18.4 Å². The number of pyridine rings is 1. The van der Waals surface area contributed by atoms with Crippen LogP contribution >= 0.6 is 0 Å². The summed E-state index contributed by atoms with van der Waals surface area (Å²) in [6.07, 6.45) is 4.68. The summed E-state index contributed by atoms with van der Waals surface area (Å²) in [6, 6.07) is 5.11. The number of nitrogens with zero attached hydrogens (tertiary/aromatic N) is 2. The molecule has 0 atom stereocenters. The van der Waals surface area contributed by atoms with Gasteiger partial charge in [-0.1, -0.05) is 19.9 Å². The van der Waals surface area contributed by atoms with Crippen LogP contribution in [0.25, 0.3) is 0 Å². The van der Waals surface area contributed by atoms with Gasteiger partial charge in [0.15, 0.2) is 0 Å². The van der Waals surface area contributed by atoms with Crippen LogP contribution in [0.3, 0.4) is 0 Å². The normalized spacial score (nSPS) is 15.1. The van der Waals surface area contributed by atoms with Crippen LogP contribution in [0, 0.1) is 5.92 Å². The van der Waals surface area contributed by atoms with Crippen LogP contribution < -0.4 is 10.2 Å². The fourth-order valence-corrected chi connectivity index (χ4v) is 2.08. The Morgan fingerprint density at radius 3 is 2.67 bits per heavy atom. The lowest BCUT2D eigenvalue weighted by Gasteiger charge is -2.24. The third kappa shape index (κ3) is 3.98. The third-order valence-electron chi connectivity index (χ3n) is 3.27. The van der Waals surface area contributed by atoms with Crippen LogP contribution in [0.2, 0.25) is 0 Å². The Kier molecular flexibility index (Phi) is 4.59. The van der Waals surface area contributed by atoms with Crippen LogP contribution in [0.15, 0.2) is 18.3 Å². The minimum atomic E-state index is 0.669. The molecule has 1 saturated carbocycles. The second kappa shape index (κ2) is 6.19. The van der Waals surface area contributed by atoms with Crippen LogP contribution in [0.5, 0.6) is 0 Å². The van der Waals surface area contributed by atoms with Crippen molar-refractivity contribution >= 4 is 5.82 Å². The second-order valence-corrected chi connectivity index (χ2v) is 5.61. The van der Waals surface area contributed by atoms with Crippen molar-refractivity contribution in [2.24, 2.45) is 5.92 Å². The molecule has 100 valence electrons. The summed E-state index contributed by atoms with van der Waals surface area (Å²) in [5, 5.41) is 3.51. The van der Waals surface area contributed by atoms with Crippen molar-refractivity contribution in [3.05, 3.63) is 23.9 Å². The first-order valence-corrected chi connectivity index (χ1v) is 7.12. The molecular weight excluding hydrogens is 222 g/mol. The fraction of sp³-hybridized carbons (Fsp3) is 0.667. The van der Waals surface area contributed by atoms with Gasteiger partial charge >= 0.3 is 0 Å². The van der Waals surface area contributed by atoms with Gasteiger partial charge in [-0.2, -0.15) is 0 Å². The molecule has 1 heterocycles. The summed E-state index contributed by atoms with van der Waals surface area (Å²) >= 11 is 0. The van der Waals surface area contributed by atoms with Gasteiger partial charge in [0.25, 0.3) is 0 Å². The highest BCUT2D eigenvalue weighted by molar-refractivity contribution is 5.39. The van der Waals surface area contributed by atoms with Gasteiger partial charge in [-0.15, -0.1) is 0 Å². The quantitative estimate of drug-likeness (QED) is 0.803. The first-order valence-electron chi connectivity index (χ1n) is 7.12. The molecule has 0 bridgehead atoms. The molecule has 0 radical (unpaired) electrons. The molecule has 1 N–H and O–H groups in total. The highest BCUT2D eigenvalue weighted by atomic mass is 15.2. The van der Waals surface area contributed by atoms with Crippen molar-refractivity contribution in [1.29, 1.82) is 0 Å². The molecule has 18 heavy (non-hydrogen) atoms. The monoisotopic (exact) mass is 247 g/mol. The van der Waals surface area contributed by atoms with Crippen molar-refractivity contribution in [2.45, 2.75) is 46.2 Å². The smallest absolute Gasteiger partial charge is 0.128 e. The number of anilines is 1. The van der Waals surface area contributed by atoms with E-state index in [0.29, 0.717) is 5.92 Å². The maximum absolute atomic E-state index is 4.59. The van der Waals surface area contributed by atoms with Gasteiger partial charge < -0.3 is 10.2 Å². The Balaban J connectivity index is 1.91. The number of hydrogen-bond donors (Lipinski definition) is 1. The number of rotatable bonds is 7. The van der Waals surface area contributed by atoms with Crippen LogP contribution in [-0.4, -0.2) is 24.1 Å². The molecule has 0 unspecified atom stereocenters. The zero-order valence-corrected chi connectivity index (χ0v) is 11.8. The number of nitrogens with one attached hydrogen (secondary N) is 1. The van der Waals surface area contributed by atoms with E-state index in [2.05, 4.69) is 48.1 Å². The lowest BCUT2D eigenvalue weighted by molar-refractivity contribution is 0.614. The largest absolute Gasteiger partial charge is 0.357 e. The summed E-state index contributed by atoms with van der Waals surface area (Å²) in [7, 11) is 0. The molecule has 1 fully saturated rings. The fourth-order valence-electron chi connectivity index (χ4n) is 2.08. The minimum absolute atomic E-state index is 0.669. The summed E-state index contributed by atoms with van der Waals surface area (Å²) in [4.78, 5) is 6.92. The van der Waals surface area contributed by atoms with Crippen molar-refractivity contribution in [3.8, 4) is 0 Å². The van der Waals surface area contributed by atoms with Crippen LogP contribution in [0.4, 0.5) is 5.82 Å². The predicted molar refractivity (Wildman–Crippen MR) is 76.8 cm³/mol. The van der Waals surface area contributed by atoms with Gasteiger partial charge in [0.1, 0.15) is 5.82 Å². The summed E-state index contributed by atoms with van der Waals surface area (Å²) in [5.41, 5.74) is 1.28. The molecular formula is C15H25N3.